The van der Waals surface area contributed by atoms with Gasteiger partial charge in [0.25, 0.3) is 5.91 Å². The van der Waals surface area contributed by atoms with E-state index in [1.54, 1.807) is 10.9 Å². The van der Waals surface area contributed by atoms with E-state index in [0.717, 1.165) is 18.8 Å². The van der Waals surface area contributed by atoms with Gasteiger partial charge in [-0.15, -0.1) is 0 Å². The number of hydrogen-bond acceptors (Lipinski definition) is 2. The highest BCUT2D eigenvalue weighted by atomic mass is 16.2. The van der Waals surface area contributed by atoms with E-state index in [1.807, 2.05) is 47.1 Å². The number of hydrogen-bond donors (Lipinski definition) is 0. The lowest BCUT2D eigenvalue weighted by Gasteiger charge is -2.28. The van der Waals surface area contributed by atoms with Gasteiger partial charge in [0, 0.05) is 32.5 Å². The third-order valence-electron chi connectivity index (χ3n) is 4.40. The molecule has 0 saturated heterocycles. The summed E-state index contributed by atoms with van der Waals surface area (Å²) >= 11 is 0. The minimum absolute atomic E-state index is 0.0382. The number of amides is 1. The molecule has 0 bridgehead atoms. The van der Waals surface area contributed by atoms with E-state index in [4.69, 9.17) is 0 Å². The Balaban J connectivity index is 1.67. The molecule has 0 radical (unpaired) electrons. The quantitative estimate of drug-likeness (QED) is 0.730. The Labute approximate surface area is 134 Å². The molecule has 1 aliphatic heterocycles. The number of benzene rings is 1. The Hall–Kier alpha value is -2.82. The van der Waals surface area contributed by atoms with Crippen molar-refractivity contribution >= 4 is 5.91 Å². The lowest BCUT2D eigenvalue weighted by atomic mass is 9.99. The highest BCUT2D eigenvalue weighted by molar-refractivity contribution is 5.97. The zero-order valence-electron chi connectivity index (χ0n) is 13.0. The molecule has 3 heterocycles. The first-order valence-electron chi connectivity index (χ1n) is 7.75. The molecule has 1 aromatic carbocycles. The second-order valence-corrected chi connectivity index (χ2v) is 5.84. The molecule has 116 valence electrons. The van der Waals surface area contributed by atoms with Gasteiger partial charge in [0.1, 0.15) is 11.4 Å². The van der Waals surface area contributed by atoms with Crippen molar-refractivity contribution < 1.29 is 4.79 Å². The minimum Gasteiger partial charge on any atom is -0.334 e. The largest absolute Gasteiger partial charge is 0.334 e. The third kappa shape index (κ3) is 2.34. The van der Waals surface area contributed by atoms with Crippen LogP contribution in [0.5, 0.6) is 0 Å². The van der Waals surface area contributed by atoms with Gasteiger partial charge in [-0.25, -0.2) is 0 Å². The maximum absolute atomic E-state index is 13.0. The SMILES string of the molecule is Cn1ncc(C(=O)N2CCc3ccccc3C2)c1-n1cccc1. The molecule has 0 atom stereocenters. The van der Waals surface area contributed by atoms with Crippen LogP contribution in [-0.4, -0.2) is 31.7 Å². The maximum atomic E-state index is 13.0. The van der Waals surface area contributed by atoms with E-state index < -0.39 is 0 Å². The third-order valence-corrected chi connectivity index (χ3v) is 4.40. The van der Waals surface area contributed by atoms with Gasteiger partial charge in [-0.1, -0.05) is 24.3 Å². The van der Waals surface area contributed by atoms with Crippen LogP contribution in [0.25, 0.3) is 5.82 Å². The first kappa shape index (κ1) is 13.8. The standard InChI is InChI=1S/C18H18N4O/c1-20-17(21-9-4-5-10-21)16(12-19-20)18(23)22-11-8-14-6-2-3-7-15(14)13-22/h2-7,9-10,12H,8,11,13H2,1H3. The Morgan fingerprint density at radius 3 is 2.61 bits per heavy atom. The van der Waals surface area contributed by atoms with E-state index in [-0.39, 0.29) is 5.91 Å². The first-order chi connectivity index (χ1) is 11.2. The van der Waals surface area contributed by atoms with Crippen molar-refractivity contribution in [3.8, 4) is 5.82 Å². The number of aryl methyl sites for hydroxylation is 1. The van der Waals surface area contributed by atoms with Crippen molar-refractivity contribution in [2.75, 3.05) is 6.54 Å². The van der Waals surface area contributed by atoms with Crippen LogP contribution >= 0.6 is 0 Å². The highest BCUT2D eigenvalue weighted by Gasteiger charge is 2.25. The fourth-order valence-electron chi connectivity index (χ4n) is 3.20. The van der Waals surface area contributed by atoms with Crippen molar-refractivity contribution in [2.45, 2.75) is 13.0 Å². The fraction of sp³-hybridized carbons (Fsp3) is 0.222. The fourth-order valence-corrected chi connectivity index (χ4v) is 3.20. The minimum atomic E-state index is 0.0382. The van der Waals surface area contributed by atoms with Crippen molar-refractivity contribution in [2.24, 2.45) is 7.05 Å². The summed E-state index contributed by atoms with van der Waals surface area (Å²) in [6.07, 6.45) is 6.43. The smallest absolute Gasteiger partial charge is 0.259 e. The molecule has 0 spiro atoms. The average Bonchev–Trinajstić information content (AvgIpc) is 3.23. The number of aromatic nitrogens is 3. The normalized spacial score (nSPS) is 13.9. The molecule has 1 aliphatic rings. The van der Waals surface area contributed by atoms with Gasteiger partial charge >= 0.3 is 0 Å². The lowest BCUT2D eigenvalue weighted by Crippen LogP contribution is -2.36. The van der Waals surface area contributed by atoms with Crippen molar-refractivity contribution in [3.05, 3.63) is 71.7 Å². The Morgan fingerprint density at radius 2 is 1.83 bits per heavy atom. The van der Waals surface area contributed by atoms with Crippen LogP contribution in [0.15, 0.2) is 55.0 Å². The molecular formula is C18H18N4O. The van der Waals surface area contributed by atoms with Crippen LogP contribution in [0.2, 0.25) is 0 Å². The maximum Gasteiger partial charge on any atom is 0.259 e. The van der Waals surface area contributed by atoms with E-state index in [0.29, 0.717) is 12.1 Å². The van der Waals surface area contributed by atoms with Gasteiger partial charge < -0.3 is 9.47 Å². The van der Waals surface area contributed by atoms with Gasteiger partial charge in [0.15, 0.2) is 0 Å². The van der Waals surface area contributed by atoms with Crippen molar-refractivity contribution in [1.29, 1.82) is 0 Å². The summed E-state index contributed by atoms with van der Waals surface area (Å²) in [7, 11) is 1.86. The summed E-state index contributed by atoms with van der Waals surface area (Å²) in [4.78, 5) is 14.9. The number of carbonyl (C=O) groups excluding carboxylic acids is 1. The molecule has 1 amide bonds. The van der Waals surface area contributed by atoms with E-state index in [2.05, 4.69) is 23.3 Å². The monoisotopic (exact) mass is 306 g/mol. The molecule has 0 fully saturated rings. The summed E-state index contributed by atoms with van der Waals surface area (Å²) in [5.41, 5.74) is 3.22. The van der Waals surface area contributed by atoms with Crippen LogP contribution in [0, 0.1) is 0 Å². The van der Waals surface area contributed by atoms with Crippen LogP contribution in [-0.2, 0) is 20.0 Å². The summed E-state index contributed by atoms with van der Waals surface area (Å²) in [5.74, 6) is 0.843. The summed E-state index contributed by atoms with van der Waals surface area (Å²) in [6, 6.07) is 12.2. The van der Waals surface area contributed by atoms with Gasteiger partial charge in [0.05, 0.1) is 6.20 Å². The Kier molecular flexibility index (Phi) is 3.26. The number of nitrogens with zero attached hydrogens (tertiary/aromatic N) is 4. The molecule has 23 heavy (non-hydrogen) atoms. The van der Waals surface area contributed by atoms with Gasteiger partial charge in [0.2, 0.25) is 0 Å². The lowest BCUT2D eigenvalue weighted by molar-refractivity contribution is 0.0734. The second-order valence-electron chi connectivity index (χ2n) is 5.84. The topological polar surface area (TPSA) is 43.1 Å². The number of fused-ring (bicyclic) bond motifs is 1. The molecule has 3 aromatic rings. The van der Waals surface area contributed by atoms with E-state index >= 15 is 0 Å². The van der Waals surface area contributed by atoms with Crippen LogP contribution in [0.3, 0.4) is 0 Å². The predicted molar refractivity (Wildman–Crippen MR) is 87.4 cm³/mol. The van der Waals surface area contributed by atoms with Gasteiger partial charge in [-0.3, -0.25) is 9.48 Å². The van der Waals surface area contributed by atoms with E-state index in [9.17, 15) is 4.79 Å². The van der Waals surface area contributed by atoms with Gasteiger partial charge in [-0.05, 0) is 29.7 Å². The molecule has 0 saturated carbocycles. The molecule has 5 nitrogen and oxygen atoms in total. The number of carbonyl (C=O) groups is 1. The highest BCUT2D eigenvalue weighted by Crippen LogP contribution is 2.22. The van der Waals surface area contributed by atoms with Crippen LogP contribution in [0.1, 0.15) is 21.5 Å². The Morgan fingerprint density at radius 1 is 1.09 bits per heavy atom. The second kappa shape index (κ2) is 5.43. The van der Waals surface area contributed by atoms with Gasteiger partial charge in [-0.2, -0.15) is 5.10 Å². The van der Waals surface area contributed by atoms with E-state index in [1.165, 1.54) is 11.1 Å². The first-order valence-corrected chi connectivity index (χ1v) is 7.75. The van der Waals surface area contributed by atoms with Crippen LogP contribution < -0.4 is 0 Å². The molecule has 0 unspecified atom stereocenters. The van der Waals surface area contributed by atoms with Crippen molar-refractivity contribution in [1.82, 2.24) is 19.2 Å². The summed E-state index contributed by atoms with van der Waals surface area (Å²) < 4.78 is 3.67. The zero-order valence-corrected chi connectivity index (χ0v) is 13.0. The molecular weight excluding hydrogens is 288 g/mol. The molecule has 0 N–H and O–H groups in total. The number of rotatable bonds is 2. The molecule has 5 heteroatoms. The molecule has 4 rings (SSSR count). The zero-order chi connectivity index (χ0) is 15.8. The summed E-state index contributed by atoms with van der Waals surface area (Å²) in [6.45, 7) is 1.41. The van der Waals surface area contributed by atoms with Crippen molar-refractivity contribution in [3.63, 3.8) is 0 Å². The summed E-state index contributed by atoms with van der Waals surface area (Å²) in [5, 5.41) is 4.28. The average molecular weight is 306 g/mol. The Bertz CT molecular complexity index is 848. The molecule has 0 aliphatic carbocycles. The molecule has 2 aromatic heterocycles. The predicted octanol–water partition coefficient (Wildman–Crippen LogP) is 2.41. The van der Waals surface area contributed by atoms with Crippen LogP contribution in [0.4, 0.5) is 0 Å².